The Balaban J connectivity index is 1.68. The highest BCUT2D eigenvalue weighted by molar-refractivity contribution is 5.79. The summed E-state index contributed by atoms with van der Waals surface area (Å²) >= 11 is 0. The second kappa shape index (κ2) is 2.72. The smallest absolute Gasteiger partial charge is 0.311 e. The summed E-state index contributed by atoms with van der Waals surface area (Å²) in [5, 5.41) is 9.15. The first-order valence-electron chi connectivity index (χ1n) is 5.70. The lowest BCUT2D eigenvalue weighted by Crippen LogP contribution is -2.35. The summed E-state index contributed by atoms with van der Waals surface area (Å²) in [6.07, 6.45) is 6.20. The molecule has 1 N–H and O–H groups in total. The fourth-order valence-corrected chi connectivity index (χ4v) is 3.40. The van der Waals surface area contributed by atoms with Crippen LogP contribution < -0.4 is 0 Å². The van der Waals surface area contributed by atoms with E-state index in [0.29, 0.717) is 12.0 Å². The molecule has 3 aliphatic rings. The van der Waals surface area contributed by atoms with Crippen molar-refractivity contribution in [2.45, 2.75) is 38.1 Å². The maximum Gasteiger partial charge on any atom is 0.311 e. The van der Waals surface area contributed by atoms with Gasteiger partial charge in [-0.05, 0) is 25.2 Å². The number of carbonyl (C=O) groups is 1. The summed E-state index contributed by atoms with van der Waals surface area (Å²) in [6.45, 7) is 1.88. The van der Waals surface area contributed by atoms with Gasteiger partial charge in [0, 0.05) is 19.1 Å². The molecule has 2 aliphatic carbocycles. The summed E-state index contributed by atoms with van der Waals surface area (Å²) in [5.41, 5.74) is -0.317. The van der Waals surface area contributed by atoms with Gasteiger partial charge in [-0.1, -0.05) is 12.8 Å². The van der Waals surface area contributed by atoms with Gasteiger partial charge < -0.3 is 5.11 Å². The Bertz CT molecular complexity index is 272. The quantitative estimate of drug-likeness (QED) is 0.722. The summed E-state index contributed by atoms with van der Waals surface area (Å²) < 4.78 is 0. The second-order valence-electron chi connectivity index (χ2n) is 5.23. The van der Waals surface area contributed by atoms with Crippen molar-refractivity contribution >= 4 is 5.97 Å². The van der Waals surface area contributed by atoms with Gasteiger partial charge in [-0.25, -0.2) is 0 Å². The van der Waals surface area contributed by atoms with Crippen molar-refractivity contribution in [2.75, 3.05) is 13.1 Å². The molecule has 3 rings (SSSR count). The largest absolute Gasteiger partial charge is 0.481 e. The number of fused-ring (bicyclic) bond motifs is 1. The maximum atomic E-state index is 11.1. The molecule has 0 spiro atoms. The molecule has 0 bridgehead atoms. The zero-order valence-corrected chi connectivity index (χ0v) is 8.41. The van der Waals surface area contributed by atoms with Crippen LogP contribution in [-0.2, 0) is 4.79 Å². The predicted octanol–water partition coefficient (Wildman–Crippen LogP) is 1.34. The lowest BCUT2D eigenvalue weighted by molar-refractivity contribution is -0.143. The van der Waals surface area contributed by atoms with E-state index in [1.54, 1.807) is 0 Å². The molecule has 78 valence electrons. The summed E-state index contributed by atoms with van der Waals surface area (Å²) in [4.78, 5) is 13.5. The molecule has 2 unspecified atom stereocenters. The van der Waals surface area contributed by atoms with Crippen LogP contribution in [0.1, 0.15) is 32.1 Å². The van der Waals surface area contributed by atoms with Gasteiger partial charge in [0.1, 0.15) is 0 Å². The number of carboxylic acids is 1. The highest BCUT2D eigenvalue weighted by atomic mass is 16.4. The Morgan fingerprint density at radius 1 is 1.36 bits per heavy atom. The molecule has 3 nitrogen and oxygen atoms in total. The van der Waals surface area contributed by atoms with E-state index in [4.69, 9.17) is 5.11 Å². The fraction of sp³-hybridized carbons (Fsp3) is 0.909. The first-order chi connectivity index (χ1) is 6.72. The minimum atomic E-state index is -0.553. The highest BCUT2D eigenvalue weighted by Gasteiger charge is 2.65. The molecule has 1 saturated heterocycles. The number of nitrogens with zero attached hydrogens (tertiary/aromatic N) is 1. The van der Waals surface area contributed by atoms with Crippen molar-refractivity contribution in [3.63, 3.8) is 0 Å². The molecule has 0 aromatic heterocycles. The predicted molar refractivity (Wildman–Crippen MR) is 52.0 cm³/mol. The molecule has 3 heteroatoms. The minimum Gasteiger partial charge on any atom is -0.481 e. The van der Waals surface area contributed by atoms with E-state index in [1.807, 2.05) is 0 Å². The fourth-order valence-electron chi connectivity index (χ4n) is 3.40. The molecule has 3 fully saturated rings. The van der Waals surface area contributed by atoms with Crippen molar-refractivity contribution < 1.29 is 9.90 Å². The van der Waals surface area contributed by atoms with Crippen molar-refractivity contribution in [3.05, 3.63) is 0 Å². The van der Waals surface area contributed by atoms with Crippen LogP contribution >= 0.6 is 0 Å². The molecule has 0 aromatic carbocycles. The third-order valence-corrected chi connectivity index (χ3v) is 4.44. The zero-order valence-electron chi connectivity index (χ0n) is 8.41. The van der Waals surface area contributed by atoms with Crippen LogP contribution in [0.3, 0.4) is 0 Å². The molecule has 2 atom stereocenters. The molecule has 1 aliphatic heterocycles. The normalized spacial score (nSPS) is 42.7. The lowest BCUT2D eigenvalue weighted by atomic mass is 10.1. The van der Waals surface area contributed by atoms with Crippen LogP contribution in [0.15, 0.2) is 0 Å². The first kappa shape index (κ1) is 8.72. The van der Waals surface area contributed by atoms with Crippen molar-refractivity contribution in [1.29, 1.82) is 0 Å². The highest BCUT2D eigenvalue weighted by Crippen LogP contribution is 2.58. The SMILES string of the molecule is O=C(O)C12CC1CN(C1CCCC1)C2. The molecule has 14 heavy (non-hydrogen) atoms. The first-order valence-corrected chi connectivity index (χ1v) is 5.70. The number of piperidine rings is 1. The standard InChI is InChI=1S/C11H17NO2/c13-10(14)11-5-8(11)6-12(7-11)9-3-1-2-4-9/h8-9H,1-7H2,(H,13,14). The van der Waals surface area contributed by atoms with E-state index in [2.05, 4.69) is 4.90 Å². The second-order valence-corrected chi connectivity index (χ2v) is 5.23. The topological polar surface area (TPSA) is 40.5 Å². The molecule has 0 amide bonds. The van der Waals surface area contributed by atoms with Crippen LogP contribution in [0.5, 0.6) is 0 Å². The van der Waals surface area contributed by atoms with Crippen molar-refractivity contribution in [1.82, 2.24) is 4.90 Å². The summed E-state index contributed by atoms with van der Waals surface area (Å²) in [7, 11) is 0. The van der Waals surface area contributed by atoms with Crippen molar-refractivity contribution in [3.8, 4) is 0 Å². The molecule has 1 heterocycles. The maximum absolute atomic E-state index is 11.1. The van der Waals surface area contributed by atoms with Crippen LogP contribution in [-0.4, -0.2) is 35.1 Å². The number of likely N-dealkylation sites (tertiary alicyclic amines) is 1. The Kier molecular flexibility index (Phi) is 1.69. The number of rotatable bonds is 2. The molecule has 0 radical (unpaired) electrons. The summed E-state index contributed by atoms with van der Waals surface area (Å²) in [6, 6.07) is 0.707. The Hall–Kier alpha value is -0.570. The van der Waals surface area contributed by atoms with E-state index in [1.165, 1.54) is 25.7 Å². The van der Waals surface area contributed by atoms with Gasteiger partial charge in [0.2, 0.25) is 0 Å². The zero-order chi connectivity index (χ0) is 9.76. The monoisotopic (exact) mass is 195 g/mol. The Morgan fingerprint density at radius 2 is 2.07 bits per heavy atom. The Morgan fingerprint density at radius 3 is 2.64 bits per heavy atom. The lowest BCUT2D eigenvalue weighted by Gasteiger charge is -2.25. The van der Waals surface area contributed by atoms with Crippen LogP contribution in [0.2, 0.25) is 0 Å². The number of hydrogen-bond donors (Lipinski definition) is 1. The van der Waals surface area contributed by atoms with Gasteiger partial charge in [-0.3, -0.25) is 9.69 Å². The number of aliphatic carboxylic acids is 1. The number of carboxylic acid groups (broad SMARTS) is 1. The van der Waals surface area contributed by atoms with E-state index in [0.717, 1.165) is 19.5 Å². The van der Waals surface area contributed by atoms with Gasteiger partial charge in [-0.2, -0.15) is 0 Å². The minimum absolute atomic E-state index is 0.317. The van der Waals surface area contributed by atoms with E-state index in [-0.39, 0.29) is 5.41 Å². The van der Waals surface area contributed by atoms with E-state index < -0.39 is 5.97 Å². The molecular weight excluding hydrogens is 178 g/mol. The Labute approximate surface area is 84.1 Å². The average molecular weight is 195 g/mol. The van der Waals surface area contributed by atoms with Crippen LogP contribution in [0, 0.1) is 11.3 Å². The third kappa shape index (κ3) is 1.05. The van der Waals surface area contributed by atoms with Crippen LogP contribution in [0.4, 0.5) is 0 Å². The van der Waals surface area contributed by atoms with Gasteiger partial charge in [0.05, 0.1) is 5.41 Å². The average Bonchev–Trinajstić information content (AvgIpc) is 2.62. The molecular formula is C11H17NO2. The van der Waals surface area contributed by atoms with Gasteiger partial charge in [0.25, 0.3) is 0 Å². The van der Waals surface area contributed by atoms with Crippen molar-refractivity contribution in [2.24, 2.45) is 11.3 Å². The van der Waals surface area contributed by atoms with Crippen LogP contribution in [0.25, 0.3) is 0 Å². The van der Waals surface area contributed by atoms with E-state index in [9.17, 15) is 4.79 Å². The summed E-state index contributed by atoms with van der Waals surface area (Å²) in [5.74, 6) is -0.0800. The number of hydrogen-bond acceptors (Lipinski definition) is 2. The van der Waals surface area contributed by atoms with Gasteiger partial charge in [-0.15, -0.1) is 0 Å². The van der Waals surface area contributed by atoms with Gasteiger partial charge >= 0.3 is 5.97 Å². The van der Waals surface area contributed by atoms with E-state index >= 15 is 0 Å². The third-order valence-electron chi connectivity index (χ3n) is 4.44. The van der Waals surface area contributed by atoms with Gasteiger partial charge in [0.15, 0.2) is 0 Å². The molecule has 0 aromatic rings. The molecule has 2 saturated carbocycles.